The van der Waals surface area contributed by atoms with Crippen LogP contribution in [0.2, 0.25) is 0 Å². The molecule has 1 aliphatic rings. The van der Waals surface area contributed by atoms with E-state index in [1.165, 1.54) is 19.3 Å². The molecule has 2 atom stereocenters. The van der Waals surface area contributed by atoms with Crippen LogP contribution in [0.15, 0.2) is 29.3 Å². The van der Waals surface area contributed by atoms with Crippen LogP contribution in [0.25, 0.3) is 0 Å². The zero-order valence-electron chi connectivity index (χ0n) is 16.8. The van der Waals surface area contributed by atoms with Crippen LogP contribution in [0.4, 0.5) is 0 Å². The Hall–Kier alpha value is -0.960. The van der Waals surface area contributed by atoms with Gasteiger partial charge >= 0.3 is 0 Å². The molecule has 2 N–H and O–H groups in total. The highest BCUT2D eigenvalue weighted by atomic mass is 127. The Kier molecular flexibility index (Phi) is 11.1. The summed E-state index contributed by atoms with van der Waals surface area (Å²) in [4.78, 5) is 18.4. The number of hydrogen-bond donors (Lipinski definition) is 2. The Bertz CT molecular complexity index is 624. The van der Waals surface area contributed by atoms with Gasteiger partial charge in [-0.15, -0.1) is 24.0 Å². The number of rotatable bonds is 7. The highest BCUT2D eigenvalue weighted by molar-refractivity contribution is 14.0. The lowest BCUT2D eigenvalue weighted by atomic mass is 10.1. The molecule has 2 unspecified atom stereocenters. The molecular weight excluding hydrogens is 471 g/mol. The lowest BCUT2D eigenvalue weighted by Gasteiger charge is -2.17. The van der Waals surface area contributed by atoms with E-state index in [1.54, 1.807) is 19.0 Å². The van der Waals surface area contributed by atoms with Crippen molar-refractivity contribution in [3.05, 3.63) is 35.4 Å². The van der Waals surface area contributed by atoms with E-state index in [2.05, 4.69) is 29.9 Å². The van der Waals surface area contributed by atoms with Gasteiger partial charge in [-0.2, -0.15) is 11.8 Å². The molecule has 2 rings (SSSR count). The summed E-state index contributed by atoms with van der Waals surface area (Å²) in [7, 11) is 3.55. The molecule has 0 saturated heterocycles. The largest absolute Gasteiger partial charge is 0.357 e. The maximum atomic E-state index is 12.1. The van der Waals surface area contributed by atoms with E-state index < -0.39 is 0 Å². The molecule has 0 spiro atoms. The molecule has 1 amide bonds. The van der Waals surface area contributed by atoms with Gasteiger partial charge in [-0.25, -0.2) is 0 Å². The van der Waals surface area contributed by atoms with Crippen molar-refractivity contribution in [2.24, 2.45) is 4.99 Å². The molecule has 5 nitrogen and oxygen atoms in total. The molecule has 27 heavy (non-hydrogen) atoms. The SMILES string of the molecule is CCNC(=NCCc1cccc(C(=O)N(C)C)c1)NC1CCC(SC)C1.I. The van der Waals surface area contributed by atoms with Crippen LogP contribution < -0.4 is 10.6 Å². The van der Waals surface area contributed by atoms with E-state index in [0.717, 1.165) is 35.3 Å². The van der Waals surface area contributed by atoms with Crippen molar-refractivity contribution in [1.82, 2.24) is 15.5 Å². The maximum Gasteiger partial charge on any atom is 0.253 e. The zero-order chi connectivity index (χ0) is 18.9. The Morgan fingerprint density at radius 3 is 2.74 bits per heavy atom. The molecule has 1 fully saturated rings. The van der Waals surface area contributed by atoms with Crippen LogP contribution in [-0.4, -0.2) is 61.5 Å². The molecule has 152 valence electrons. The molecule has 1 aromatic carbocycles. The molecular formula is C20H33IN4OS. The molecule has 0 bridgehead atoms. The fourth-order valence-corrected chi connectivity index (χ4v) is 4.01. The van der Waals surface area contributed by atoms with E-state index in [1.807, 2.05) is 30.0 Å². The van der Waals surface area contributed by atoms with Crippen molar-refractivity contribution in [2.75, 3.05) is 33.4 Å². The van der Waals surface area contributed by atoms with E-state index in [9.17, 15) is 4.79 Å². The lowest BCUT2D eigenvalue weighted by molar-refractivity contribution is 0.0827. The second kappa shape index (κ2) is 12.5. The van der Waals surface area contributed by atoms with Gasteiger partial charge in [-0.3, -0.25) is 9.79 Å². The van der Waals surface area contributed by atoms with Crippen LogP contribution in [0.5, 0.6) is 0 Å². The number of halogens is 1. The minimum absolute atomic E-state index is 0. The average Bonchev–Trinajstić information content (AvgIpc) is 3.09. The minimum atomic E-state index is 0. The number of nitrogens with zero attached hydrogens (tertiary/aromatic N) is 2. The average molecular weight is 504 g/mol. The topological polar surface area (TPSA) is 56.7 Å². The Morgan fingerprint density at radius 2 is 2.11 bits per heavy atom. The van der Waals surface area contributed by atoms with Crippen LogP contribution in [0, 0.1) is 0 Å². The number of benzene rings is 1. The molecule has 0 radical (unpaired) electrons. The molecule has 0 aliphatic heterocycles. The second-order valence-electron chi connectivity index (χ2n) is 6.92. The summed E-state index contributed by atoms with van der Waals surface area (Å²) in [5.74, 6) is 0.940. The Balaban J connectivity index is 0.00000364. The Labute approximate surface area is 185 Å². The standard InChI is InChI=1S/C20H32N4OS.HI/c1-5-21-20(23-17-9-10-18(14-17)26-4)22-12-11-15-7-6-8-16(13-15)19(25)24(2)3;/h6-8,13,17-18H,5,9-12,14H2,1-4H3,(H2,21,22,23);1H. The summed E-state index contributed by atoms with van der Waals surface area (Å²) in [5.41, 5.74) is 1.87. The number of carbonyl (C=O) groups is 1. The first-order valence-corrected chi connectivity index (χ1v) is 10.7. The van der Waals surface area contributed by atoms with Gasteiger partial charge in [0, 0.05) is 44.0 Å². The van der Waals surface area contributed by atoms with Crippen molar-refractivity contribution in [1.29, 1.82) is 0 Å². The van der Waals surface area contributed by atoms with Crippen molar-refractivity contribution < 1.29 is 4.79 Å². The van der Waals surface area contributed by atoms with E-state index in [-0.39, 0.29) is 29.9 Å². The maximum absolute atomic E-state index is 12.1. The molecule has 1 aliphatic carbocycles. The third-order valence-corrected chi connectivity index (χ3v) is 5.75. The molecule has 0 aromatic heterocycles. The summed E-state index contributed by atoms with van der Waals surface area (Å²) in [6.45, 7) is 3.65. The minimum Gasteiger partial charge on any atom is -0.357 e. The highest BCUT2D eigenvalue weighted by Gasteiger charge is 2.24. The van der Waals surface area contributed by atoms with Gasteiger partial charge in [-0.1, -0.05) is 12.1 Å². The summed E-state index contributed by atoms with van der Waals surface area (Å²) < 4.78 is 0. The first-order valence-electron chi connectivity index (χ1n) is 9.41. The molecule has 1 saturated carbocycles. The third kappa shape index (κ3) is 7.89. The first kappa shape index (κ1) is 24.1. The van der Waals surface area contributed by atoms with Gasteiger partial charge in [0.2, 0.25) is 0 Å². The van der Waals surface area contributed by atoms with Crippen molar-refractivity contribution in [3.8, 4) is 0 Å². The summed E-state index contributed by atoms with van der Waals surface area (Å²) in [5, 5.41) is 7.69. The fraction of sp³-hybridized carbons (Fsp3) is 0.600. The number of aliphatic imine (C=N–C) groups is 1. The first-order chi connectivity index (χ1) is 12.5. The van der Waals surface area contributed by atoms with Gasteiger partial charge in [0.25, 0.3) is 5.91 Å². The van der Waals surface area contributed by atoms with Crippen LogP contribution in [0.1, 0.15) is 42.1 Å². The molecule has 7 heteroatoms. The summed E-state index contributed by atoms with van der Waals surface area (Å²) >= 11 is 1.97. The summed E-state index contributed by atoms with van der Waals surface area (Å²) in [6, 6.07) is 8.36. The molecule has 1 aromatic rings. The molecule has 0 heterocycles. The third-order valence-electron chi connectivity index (χ3n) is 4.65. The zero-order valence-corrected chi connectivity index (χ0v) is 20.0. The number of amides is 1. The van der Waals surface area contributed by atoms with Gasteiger partial charge in [0.15, 0.2) is 5.96 Å². The summed E-state index contributed by atoms with van der Waals surface area (Å²) in [6.07, 6.45) is 6.72. The normalized spacial score (nSPS) is 19.3. The van der Waals surface area contributed by atoms with Gasteiger partial charge in [-0.05, 0) is 56.6 Å². The van der Waals surface area contributed by atoms with E-state index in [0.29, 0.717) is 12.6 Å². The Morgan fingerprint density at radius 1 is 1.33 bits per heavy atom. The number of carbonyl (C=O) groups excluding carboxylic acids is 1. The van der Waals surface area contributed by atoms with Crippen LogP contribution in [0.3, 0.4) is 0 Å². The monoisotopic (exact) mass is 504 g/mol. The van der Waals surface area contributed by atoms with Crippen LogP contribution in [-0.2, 0) is 6.42 Å². The number of thioether (sulfide) groups is 1. The quantitative estimate of drug-likeness (QED) is 0.340. The van der Waals surface area contributed by atoms with Gasteiger partial charge in [0.05, 0.1) is 0 Å². The number of nitrogens with one attached hydrogen (secondary N) is 2. The predicted octanol–water partition coefficient (Wildman–Crippen LogP) is 3.39. The van der Waals surface area contributed by atoms with Crippen LogP contribution >= 0.6 is 35.7 Å². The lowest BCUT2D eigenvalue weighted by Crippen LogP contribution is -2.42. The van der Waals surface area contributed by atoms with Crippen molar-refractivity contribution in [2.45, 2.75) is 43.9 Å². The highest BCUT2D eigenvalue weighted by Crippen LogP contribution is 2.28. The van der Waals surface area contributed by atoms with Crippen molar-refractivity contribution in [3.63, 3.8) is 0 Å². The van der Waals surface area contributed by atoms with Gasteiger partial charge < -0.3 is 15.5 Å². The van der Waals surface area contributed by atoms with E-state index >= 15 is 0 Å². The van der Waals surface area contributed by atoms with Crippen molar-refractivity contribution >= 4 is 47.6 Å². The fourth-order valence-electron chi connectivity index (χ4n) is 3.21. The van der Waals surface area contributed by atoms with E-state index in [4.69, 9.17) is 4.99 Å². The smallest absolute Gasteiger partial charge is 0.253 e. The predicted molar refractivity (Wildman–Crippen MR) is 128 cm³/mol. The van der Waals surface area contributed by atoms with Gasteiger partial charge in [0.1, 0.15) is 0 Å². The number of guanidine groups is 1. The number of hydrogen-bond acceptors (Lipinski definition) is 3. The second-order valence-corrected chi connectivity index (χ2v) is 8.06.